The van der Waals surface area contributed by atoms with Crippen molar-refractivity contribution in [3.8, 4) is 0 Å². The molecule has 0 aromatic rings. The van der Waals surface area contributed by atoms with Crippen molar-refractivity contribution in [3.63, 3.8) is 0 Å². The highest BCUT2D eigenvalue weighted by Crippen LogP contribution is 2.81. The van der Waals surface area contributed by atoms with Gasteiger partial charge in [0.25, 0.3) is 0 Å². The number of rotatable bonds is 7. The first kappa shape index (κ1) is 16.1. The Hall–Kier alpha value is 0.770. The summed E-state index contributed by atoms with van der Waals surface area (Å²) in [6.07, 6.45) is 5.79. The van der Waals surface area contributed by atoms with Gasteiger partial charge in [0.15, 0.2) is 0 Å². The summed E-state index contributed by atoms with van der Waals surface area (Å²) in [5.41, 5.74) is -0.177. The first-order valence-corrected chi connectivity index (χ1v) is 10.1. The summed E-state index contributed by atoms with van der Waals surface area (Å²) in [5, 5.41) is 0. The van der Waals surface area contributed by atoms with Crippen LogP contribution in [0.2, 0.25) is 0 Å². The summed E-state index contributed by atoms with van der Waals surface area (Å²) in [6.45, 7) is 7.13. The van der Waals surface area contributed by atoms with E-state index in [9.17, 15) is 4.57 Å². The van der Waals surface area contributed by atoms with E-state index in [4.69, 9.17) is 27.7 Å². The van der Waals surface area contributed by atoms with Gasteiger partial charge < -0.3 is 4.52 Å². The zero-order valence-electron chi connectivity index (χ0n) is 12.1. The topological polar surface area (TPSA) is 26.3 Å². The standard InChI is InChI=1S/C14H25Cl2O2P/c1-11(2)7-5-4-6-8-18-19(17)9-12-13(3,10-19)14(12,15)16/h11-12H,4-10H2,1-3H3. The molecule has 0 aromatic carbocycles. The molecule has 3 atom stereocenters. The van der Waals surface area contributed by atoms with Gasteiger partial charge in [-0.1, -0.05) is 40.0 Å². The molecule has 2 fully saturated rings. The van der Waals surface area contributed by atoms with Crippen LogP contribution in [0.4, 0.5) is 0 Å². The molecule has 1 aliphatic carbocycles. The van der Waals surface area contributed by atoms with Gasteiger partial charge in [-0.3, -0.25) is 4.57 Å². The maximum Gasteiger partial charge on any atom is 0.204 e. The van der Waals surface area contributed by atoms with E-state index >= 15 is 0 Å². The van der Waals surface area contributed by atoms with E-state index in [0.717, 1.165) is 18.8 Å². The number of alkyl halides is 2. The second-order valence-corrected chi connectivity index (χ2v) is 10.8. The Bertz CT molecular complexity index is 384. The fourth-order valence-corrected chi connectivity index (χ4v) is 8.03. The molecule has 112 valence electrons. The third-order valence-electron chi connectivity index (χ3n) is 4.67. The van der Waals surface area contributed by atoms with Crippen LogP contribution in [0.3, 0.4) is 0 Å². The van der Waals surface area contributed by atoms with Gasteiger partial charge in [0.05, 0.1) is 6.61 Å². The van der Waals surface area contributed by atoms with E-state index in [-0.39, 0.29) is 11.3 Å². The molecule has 2 aliphatic rings. The second kappa shape index (κ2) is 5.52. The Balaban J connectivity index is 1.65. The Morgan fingerprint density at radius 1 is 1.32 bits per heavy atom. The van der Waals surface area contributed by atoms with Gasteiger partial charge in [-0.15, -0.1) is 23.2 Å². The van der Waals surface area contributed by atoms with Gasteiger partial charge in [-0.25, -0.2) is 0 Å². The Kier molecular flexibility index (Phi) is 4.69. The number of halogens is 2. The summed E-state index contributed by atoms with van der Waals surface area (Å²) >= 11 is 12.4. The summed E-state index contributed by atoms with van der Waals surface area (Å²) in [5.74, 6) is 0.928. The van der Waals surface area contributed by atoms with Crippen LogP contribution in [0.15, 0.2) is 0 Å². The highest BCUT2D eigenvalue weighted by molar-refractivity contribution is 7.59. The second-order valence-electron chi connectivity index (χ2n) is 6.82. The van der Waals surface area contributed by atoms with E-state index < -0.39 is 11.7 Å². The molecule has 3 unspecified atom stereocenters. The third-order valence-corrected chi connectivity index (χ3v) is 8.77. The lowest BCUT2D eigenvalue weighted by atomic mass is 10.1. The Morgan fingerprint density at radius 2 is 2.00 bits per heavy atom. The fraction of sp³-hybridized carbons (Fsp3) is 1.00. The summed E-state index contributed by atoms with van der Waals surface area (Å²) in [7, 11) is -2.46. The molecule has 0 amide bonds. The molecule has 0 radical (unpaired) electrons. The van der Waals surface area contributed by atoms with Crippen molar-refractivity contribution >= 4 is 30.6 Å². The minimum atomic E-state index is -2.46. The SMILES string of the molecule is CC(C)CCCCCOP1(=O)CC2C(Cl)(Cl)C2(C)C1. The van der Waals surface area contributed by atoms with E-state index in [1.807, 2.05) is 6.92 Å². The zero-order chi connectivity index (χ0) is 14.3. The summed E-state index contributed by atoms with van der Waals surface area (Å²) < 4.78 is 17.6. The molecule has 2 rings (SSSR count). The zero-order valence-corrected chi connectivity index (χ0v) is 14.5. The lowest BCUT2D eigenvalue weighted by Crippen LogP contribution is -2.12. The van der Waals surface area contributed by atoms with Crippen LogP contribution >= 0.6 is 30.6 Å². The highest BCUT2D eigenvalue weighted by atomic mass is 35.5. The highest BCUT2D eigenvalue weighted by Gasteiger charge is 2.79. The number of hydrogen-bond donors (Lipinski definition) is 0. The van der Waals surface area contributed by atoms with Gasteiger partial charge in [0.2, 0.25) is 7.37 Å². The van der Waals surface area contributed by atoms with Crippen molar-refractivity contribution < 1.29 is 9.09 Å². The molecule has 0 bridgehead atoms. The Labute approximate surface area is 127 Å². The van der Waals surface area contributed by atoms with Crippen LogP contribution in [0.25, 0.3) is 0 Å². The van der Waals surface area contributed by atoms with Gasteiger partial charge in [-0.2, -0.15) is 0 Å². The molecule has 0 spiro atoms. The van der Waals surface area contributed by atoms with Gasteiger partial charge in [0.1, 0.15) is 4.33 Å². The van der Waals surface area contributed by atoms with Crippen LogP contribution in [0, 0.1) is 17.3 Å². The van der Waals surface area contributed by atoms with Crippen LogP contribution in [-0.2, 0) is 9.09 Å². The molecule has 2 nitrogen and oxygen atoms in total. The molecule has 5 heteroatoms. The normalized spacial score (nSPS) is 39.6. The lowest BCUT2D eigenvalue weighted by molar-refractivity contribution is 0.300. The van der Waals surface area contributed by atoms with Gasteiger partial charge in [0, 0.05) is 23.7 Å². The van der Waals surface area contributed by atoms with Crippen LogP contribution in [0.5, 0.6) is 0 Å². The smallest absolute Gasteiger partial charge is 0.204 e. The predicted octanol–water partition coefficient (Wildman–Crippen LogP) is 5.32. The average Bonchev–Trinajstić information content (AvgIpc) is 2.56. The van der Waals surface area contributed by atoms with Crippen molar-refractivity contribution in [1.82, 2.24) is 0 Å². The number of unbranched alkanes of at least 4 members (excludes halogenated alkanes) is 2. The van der Waals surface area contributed by atoms with Crippen LogP contribution in [-0.4, -0.2) is 23.3 Å². The largest absolute Gasteiger partial charge is 0.328 e. The molecule has 1 heterocycles. The van der Waals surface area contributed by atoms with E-state index in [1.165, 1.54) is 12.8 Å². The van der Waals surface area contributed by atoms with Crippen molar-refractivity contribution in [2.75, 3.05) is 18.9 Å². The minimum absolute atomic E-state index is 0.162. The van der Waals surface area contributed by atoms with Gasteiger partial charge >= 0.3 is 0 Å². The monoisotopic (exact) mass is 326 g/mol. The quantitative estimate of drug-likeness (QED) is 0.359. The molecular weight excluding hydrogens is 302 g/mol. The fourth-order valence-electron chi connectivity index (χ4n) is 3.21. The summed E-state index contributed by atoms with van der Waals surface area (Å²) in [6, 6.07) is 0. The molecule has 0 aromatic heterocycles. The van der Waals surface area contributed by atoms with Crippen LogP contribution < -0.4 is 0 Å². The first-order chi connectivity index (χ1) is 8.71. The predicted molar refractivity (Wildman–Crippen MR) is 82.6 cm³/mol. The average molecular weight is 327 g/mol. The van der Waals surface area contributed by atoms with Crippen molar-refractivity contribution in [3.05, 3.63) is 0 Å². The maximum atomic E-state index is 12.5. The van der Waals surface area contributed by atoms with E-state index in [1.54, 1.807) is 0 Å². The maximum absolute atomic E-state index is 12.5. The lowest BCUT2D eigenvalue weighted by Gasteiger charge is -2.19. The van der Waals surface area contributed by atoms with Crippen LogP contribution in [0.1, 0.15) is 46.5 Å². The summed E-state index contributed by atoms with van der Waals surface area (Å²) in [4.78, 5) is 0. The van der Waals surface area contributed by atoms with Crippen molar-refractivity contribution in [1.29, 1.82) is 0 Å². The van der Waals surface area contributed by atoms with Gasteiger partial charge in [-0.05, 0) is 12.3 Å². The number of fused-ring (bicyclic) bond motifs is 1. The molecule has 19 heavy (non-hydrogen) atoms. The molecule has 1 saturated heterocycles. The number of hydrogen-bond acceptors (Lipinski definition) is 2. The first-order valence-electron chi connectivity index (χ1n) is 7.32. The van der Waals surface area contributed by atoms with E-state index in [2.05, 4.69) is 13.8 Å². The minimum Gasteiger partial charge on any atom is -0.328 e. The van der Waals surface area contributed by atoms with E-state index in [0.29, 0.717) is 18.9 Å². The van der Waals surface area contributed by atoms with Crippen molar-refractivity contribution in [2.24, 2.45) is 17.3 Å². The third kappa shape index (κ3) is 3.18. The molecule has 0 N–H and O–H groups in total. The Morgan fingerprint density at radius 3 is 2.53 bits per heavy atom. The van der Waals surface area contributed by atoms with Crippen molar-refractivity contribution in [2.45, 2.75) is 50.8 Å². The molecule has 1 saturated carbocycles. The molecule has 1 aliphatic heterocycles. The molecular formula is C14H25Cl2O2P.